The first kappa shape index (κ1) is 36.7. The van der Waals surface area contributed by atoms with E-state index in [9.17, 15) is 9.59 Å². The molecular formula is C35H62N4O4. The molecule has 246 valence electrons. The summed E-state index contributed by atoms with van der Waals surface area (Å²) in [4.78, 5) is 34.5. The molecule has 3 heterocycles. The minimum atomic E-state index is -0.608. The lowest BCUT2D eigenvalue weighted by Gasteiger charge is -2.40. The number of carbonyl (C=O) groups excluding carboxylic acids is 2. The SMILES string of the molecule is CCCCCC.CCOC(=O)C1(CCNc2ccc(N3CCC(C(C)CC)C3)nc2C)CCN(C(=O)OC(C)(C)C)CC1. The second-order valence-corrected chi connectivity index (χ2v) is 13.5. The Morgan fingerprint density at radius 1 is 1.07 bits per heavy atom. The maximum Gasteiger partial charge on any atom is 0.410 e. The summed E-state index contributed by atoms with van der Waals surface area (Å²) >= 11 is 0. The number of likely N-dealkylation sites (tertiary alicyclic amines) is 1. The van der Waals surface area contributed by atoms with Gasteiger partial charge >= 0.3 is 12.1 Å². The summed E-state index contributed by atoms with van der Waals surface area (Å²) in [7, 11) is 0. The van der Waals surface area contributed by atoms with E-state index >= 15 is 0 Å². The van der Waals surface area contributed by atoms with Gasteiger partial charge in [-0.25, -0.2) is 9.78 Å². The molecule has 1 aromatic heterocycles. The molecular weight excluding hydrogens is 540 g/mol. The highest BCUT2D eigenvalue weighted by Gasteiger charge is 2.43. The Hall–Kier alpha value is -2.51. The Bertz CT molecular complexity index is 981. The number of aromatic nitrogens is 1. The van der Waals surface area contributed by atoms with Gasteiger partial charge in [0.25, 0.3) is 0 Å². The van der Waals surface area contributed by atoms with E-state index in [0.717, 1.165) is 42.1 Å². The molecule has 2 aliphatic rings. The molecule has 0 radical (unpaired) electrons. The van der Waals surface area contributed by atoms with Crippen molar-refractivity contribution in [3.05, 3.63) is 17.8 Å². The number of rotatable bonds is 12. The van der Waals surface area contributed by atoms with Crippen LogP contribution in [0.4, 0.5) is 16.3 Å². The van der Waals surface area contributed by atoms with Gasteiger partial charge in [-0.2, -0.15) is 0 Å². The van der Waals surface area contributed by atoms with Gasteiger partial charge in [0.05, 0.1) is 23.4 Å². The zero-order valence-corrected chi connectivity index (χ0v) is 28.9. The summed E-state index contributed by atoms with van der Waals surface area (Å²) in [5.74, 6) is 2.36. The van der Waals surface area contributed by atoms with Crippen molar-refractivity contribution in [2.24, 2.45) is 17.3 Å². The van der Waals surface area contributed by atoms with Gasteiger partial charge in [-0.05, 0) is 84.3 Å². The van der Waals surface area contributed by atoms with E-state index in [-0.39, 0.29) is 12.1 Å². The Morgan fingerprint density at radius 3 is 2.26 bits per heavy atom. The van der Waals surface area contributed by atoms with Crippen molar-refractivity contribution in [1.29, 1.82) is 0 Å². The number of pyridine rings is 1. The van der Waals surface area contributed by atoms with Gasteiger partial charge in [-0.15, -0.1) is 0 Å². The van der Waals surface area contributed by atoms with Crippen LogP contribution < -0.4 is 10.2 Å². The molecule has 2 unspecified atom stereocenters. The first-order chi connectivity index (χ1) is 20.4. The van der Waals surface area contributed by atoms with Gasteiger partial charge in [0.1, 0.15) is 11.4 Å². The number of ether oxygens (including phenoxy) is 2. The predicted octanol–water partition coefficient (Wildman–Crippen LogP) is 8.23. The number of hydrogen-bond donors (Lipinski definition) is 1. The average Bonchev–Trinajstić information content (AvgIpc) is 3.47. The minimum Gasteiger partial charge on any atom is -0.466 e. The molecule has 0 bridgehead atoms. The second kappa shape index (κ2) is 17.7. The van der Waals surface area contributed by atoms with Gasteiger partial charge in [0, 0.05) is 32.7 Å². The highest BCUT2D eigenvalue weighted by atomic mass is 16.6. The lowest BCUT2D eigenvalue weighted by atomic mass is 9.75. The lowest BCUT2D eigenvalue weighted by Crippen LogP contribution is -2.49. The van der Waals surface area contributed by atoms with Crippen LogP contribution in [0.15, 0.2) is 12.1 Å². The minimum absolute atomic E-state index is 0.171. The number of hydrogen-bond acceptors (Lipinski definition) is 7. The molecule has 2 saturated heterocycles. The molecule has 0 aromatic carbocycles. The summed E-state index contributed by atoms with van der Waals surface area (Å²) in [5, 5.41) is 3.51. The maximum absolute atomic E-state index is 13.0. The normalized spacial score (nSPS) is 18.9. The summed E-state index contributed by atoms with van der Waals surface area (Å²) in [6.45, 7) is 22.6. The van der Waals surface area contributed by atoms with Gasteiger partial charge in [-0.1, -0.05) is 59.8 Å². The molecule has 1 N–H and O–H groups in total. The van der Waals surface area contributed by atoms with Crippen LogP contribution in [0.1, 0.15) is 119 Å². The van der Waals surface area contributed by atoms with E-state index in [1.165, 1.54) is 38.5 Å². The highest BCUT2D eigenvalue weighted by molar-refractivity contribution is 5.78. The predicted molar refractivity (Wildman–Crippen MR) is 178 cm³/mol. The van der Waals surface area contributed by atoms with Crippen molar-refractivity contribution >= 4 is 23.6 Å². The number of piperidine rings is 1. The number of anilines is 2. The zero-order valence-electron chi connectivity index (χ0n) is 28.9. The number of unbranched alkanes of at least 4 members (excludes halogenated alkanes) is 3. The molecule has 0 spiro atoms. The fourth-order valence-electron chi connectivity index (χ4n) is 5.92. The molecule has 0 saturated carbocycles. The topological polar surface area (TPSA) is 84.0 Å². The fourth-order valence-corrected chi connectivity index (χ4v) is 5.92. The molecule has 8 nitrogen and oxygen atoms in total. The van der Waals surface area contributed by atoms with Gasteiger partial charge in [0.15, 0.2) is 0 Å². The number of amides is 1. The lowest BCUT2D eigenvalue weighted by molar-refractivity contribution is -0.159. The Kier molecular flexibility index (Phi) is 15.1. The highest BCUT2D eigenvalue weighted by Crippen LogP contribution is 2.37. The molecule has 2 atom stereocenters. The van der Waals surface area contributed by atoms with Crippen molar-refractivity contribution in [1.82, 2.24) is 9.88 Å². The van der Waals surface area contributed by atoms with Gasteiger partial charge in [0.2, 0.25) is 0 Å². The van der Waals surface area contributed by atoms with Crippen molar-refractivity contribution < 1.29 is 19.1 Å². The first-order valence-electron chi connectivity index (χ1n) is 17.0. The van der Waals surface area contributed by atoms with Gasteiger partial charge in [-0.3, -0.25) is 4.79 Å². The molecule has 3 rings (SSSR count). The molecule has 1 amide bonds. The van der Waals surface area contributed by atoms with Crippen LogP contribution in [0, 0.1) is 24.2 Å². The number of nitrogens with one attached hydrogen (secondary N) is 1. The van der Waals surface area contributed by atoms with Crippen LogP contribution in [0.2, 0.25) is 0 Å². The van der Waals surface area contributed by atoms with Crippen LogP contribution in [-0.2, 0) is 14.3 Å². The first-order valence-corrected chi connectivity index (χ1v) is 17.0. The maximum atomic E-state index is 13.0. The van der Waals surface area contributed by atoms with E-state index in [1.807, 2.05) is 34.6 Å². The third-order valence-electron chi connectivity index (χ3n) is 9.03. The van der Waals surface area contributed by atoms with E-state index in [2.05, 4.69) is 50.0 Å². The number of aryl methyl sites for hydroxylation is 1. The second-order valence-electron chi connectivity index (χ2n) is 13.5. The van der Waals surface area contributed by atoms with E-state index < -0.39 is 11.0 Å². The molecule has 43 heavy (non-hydrogen) atoms. The number of nitrogens with zero attached hydrogens (tertiary/aromatic N) is 3. The monoisotopic (exact) mass is 602 g/mol. The molecule has 2 fully saturated rings. The standard InChI is InChI=1S/C29H48N4O4.C6H14/c1-8-21(3)23-12-17-33(20-23)25-11-10-24(22(4)31-25)30-16-13-29(26(34)36-9-2)14-18-32(19-15-29)27(35)37-28(5,6)7;1-3-5-6-4-2/h10-11,21,23,30H,8-9,12-20H2,1-7H3;3-6H2,1-2H3. The van der Waals surface area contributed by atoms with Crippen molar-refractivity contribution in [2.45, 2.75) is 126 Å². The van der Waals surface area contributed by atoms with Crippen LogP contribution in [0.5, 0.6) is 0 Å². The Labute approximate surface area is 262 Å². The summed E-state index contributed by atoms with van der Waals surface area (Å²) in [6, 6.07) is 4.21. The van der Waals surface area contributed by atoms with Crippen LogP contribution in [-0.4, -0.2) is 66.9 Å². The van der Waals surface area contributed by atoms with Crippen molar-refractivity contribution in [3.63, 3.8) is 0 Å². The molecule has 1 aromatic rings. The van der Waals surface area contributed by atoms with Crippen molar-refractivity contribution in [3.8, 4) is 0 Å². The number of esters is 1. The molecule has 8 heteroatoms. The molecule has 0 aliphatic carbocycles. The summed E-state index contributed by atoms with van der Waals surface area (Å²) in [6.07, 6.45) is 9.44. The largest absolute Gasteiger partial charge is 0.466 e. The third kappa shape index (κ3) is 11.5. The summed E-state index contributed by atoms with van der Waals surface area (Å²) in [5.41, 5.74) is 0.812. The van der Waals surface area contributed by atoms with Crippen molar-refractivity contribution in [2.75, 3.05) is 49.5 Å². The van der Waals surface area contributed by atoms with E-state index in [4.69, 9.17) is 14.5 Å². The van der Waals surface area contributed by atoms with Crippen LogP contribution in [0.3, 0.4) is 0 Å². The quantitative estimate of drug-likeness (QED) is 0.191. The van der Waals surface area contributed by atoms with E-state index in [0.29, 0.717) is 45.5 Å². The van der Waals surface area contributed by atoms with Crippen LogP contribution >= 0.6 is 0 Å². The average molecular weight is 603 g/mol. The Morgan fingerprint density at radius 2 is 1.72 bits per heavy atom. The third-order valence-corrected chi connectivity index (χ3v) is 9.03. The smallest absolute Gasteiger partial charge is 0.410 e. The number of carbonyl (C=O) groups is 2. The van der Waals surface area contributed by atoms with Crippen LogP contribution in [0.25, 0.3) is 0 Å². The zero-order chi connectivity index (χ0) is 32.0. The van der Waals surface area contributed by atoms with Gasteiger partial charge < -0.3 is 24.6 Å². The molecule has 2 aliphatic heterocycles. The van der Waals surface area contributed by atoms with E-state index in [1.54, 1.807) is 4.90 Å². The Balaban J connectivity index is 0.000000973. The summed E-state index contributed by atoms with van der Waals surface area (Å²) < 4.78 is 11.0. The fraction of sp³-hybridized carbons (Fsp3) is 0.800.